The van der Waals surface area contributed by atoms with Gasteiger partial charge in [-0.1, -0.05) is 53.9 Å². The Balaban J connectivity index is 1.74. The fourth-order valence-corrected chi connectivity index (χ4v) is 5.36. The van der Waals surface area contributed by atoms with E-state index in [0.717, 1.165) is 11.3 Å². The van der Waals surface area contributed by atoms with Crippen LogP contribution in [0.4, 0.5) is 0 Å². The number of carbonyl (C=O) groups is 2. The van der Waals surface area contributed by atoms with Crippen molar-refractivity contribution in [1.82, 2.24) is 25.0 Å². The van der Waals surface area contributed by atoms with Crippen LogP contribution in [0.2, 0.25) is 15.1 Å². The molecule has 7 nitrogen and oxygen atoms in total. The van der Waals surface area contributed by atoms with Crippen LogP contribution in [0.5, 0.6) is 0 Å². The number of aryl methyl sites for hydroxylation is 1. The maximum absolute atomic E-state index is 13.6. The summed E-state index contributed by atoms with van der Waals surface area (Å²) in [6, 6.07) is 13.5. The van der Waals surface area contributed by atoms with Gasteiger partial charge < -0.3 is 10.2 Å². The number of carbonyl (C=O) groups excluding carboxylic acids is 2. The lowest BCUT2D eigenvalue weighted by atomic mass is 10.0. The van der Waals surface area contributed by atoms with Crippen molar-refractivity contribution in [3.63, 3.8) is 0 Å². The number of halogens is 3. The van der Waals surface area contributed by atoms with Crippen LogP contribution in [-0.4, -0.2) is 45.5 Å². The molecule has 0 saturated heterocycles. The average Bonchev–Trinajstić information content (AvgIpc) is 3.47. The first-order valence-electron chi connectivity index (χ1n) is 11.4. The number of aromatic nitrogens is 3. The highest BCUT2D eigenvalue weighted by atomic mass is 35.5. The summed E-state index contributed by atoms with van der Waals surface area (Å²) in [5, 5.41) is 13.3. The second-order valence-corrected chi connectivity index (χ2v) is 10.8. The van der Waals surface area contributed by atoms with Gasteiger partial charge in [0, 0.05) is 16.0 Å². The predicted molar refractivity (Wildman–Crippen MR) is 149 cm³/mol. The third kappa shape index (κ3) is 6.05. The zero-order chi connectivity index (χ0) is 26.7. The third-order valence-electron chi connectivity index (χ3n) is 5.52. The highest BCUT2D eigenvalue weighted by molar-refractivity contribution is 7.15. The standard InChI is InChI=1S/C26H24Cl3N5O2S/c1-4-16-12-18(24(35)17-7-5-6-8-19(17)27)26(37-16)34-22(31-32-23(34)14-33(2)3)13-30-25(36)15-9-10-20(28)21(29)11-15/h5-12H,4,13-14H2,1-3H3,(H,30,36). The minimum Gasteiger partial charge on any atom is -0.345 e. The molecule has 0 saturated carbocycles. The second-order valence-electron chi connectivity index (χ2n) is 8.51. The molecule has 0 fully saturated rings. The fraction of sp³-hybridized carbons (Fsp3) is 0.231. The molecule has 0 radical (unpaired) electrons. The molecule has 1 N–H and O–H groups in total. The van der Waals surface area contributed by atoms with Crippen molar-refractivity contribution in [3.8, 4) is 5.00 Å². The van der Waals surface area contributed by atoms with E-state index >= 15 is 0 Å². The molecule has 0 aliphatic carbocycles. The molecule has 2 heterocycles. The minimum atomic E-state index is -0.338. The van der Waals surface area contributed by atoms with Crippen LogP contribution >= 0.6 is 46.1 Å². The molecule has 0 atom stereocenters. The second kappa shape index (κ2) is 11.8. The number of nitrogens with one attached hydrogen (secondary N) is 1. The van der Waals surface area contributed by atoms with Gasteiger partial charge in [0.25, 0.3) is 5.91 Å². The number of hydrogen-bond acceptors (Lipinski definition) is 6. The molecule has 0 unspecified atom stereocenters. The van der Waals surface area contributed by atoms with E-state index in [9.17, 15) is 9.59 Å². The zero-order valence-corrected chi connectivity index (χ0v) is 23.5. The van der Waals surface area contributed by atoms with Crippen molar-refractivity contribution in [2.45, 2.75) is 26.4 Å². The number of ketones is 1. The summed E-state index contributed by atoms with van der Waals surface area (Å²) in [6.45, 7) is 2.59. The Kier molecular flexibility index (Phi) is 8.67. The van der Waals surface area contributed by atoms with Gasteiger partial charge in [0.1, 0.15) is 5.00 Å². The normalized spacial score (nSPS) is 11.2. The van der Waals surface area contributed by atoms with E-state index in [2.05, 4.69) is 15.5 Å². The molecule has 0 spiro atoms. The van der Waals surface area contributed by atoms with Gasteiger partial charge in [-0.15, -0.1) is 21.5 Å². The van der Waals surface area contributed by atoms with E-state index in [1.165, 1.54) is 17.4 Å². The van der Waals surface area contributed by atoms with Gasteiger partial charge in [-0.25, -0.2) is 0 Å². The molecular weight excluding hydrogens is 553 g/mol. The Morgan fingerprint density at radius 2 is 1.68 bits per heavy atom. The summed E-state index contributed by atoms with van der Waals surface area (Å²) in [7, 11) is 3.85. The fourth-order valence-electron chi connectivity index (χ4n) is 3.71. The van der Waals surface area contributed by atoms with E-state index in [1.54, 1.807) is 36.4 Å². The van der Waals surface area contributed by atoms with Gasteiger partial charge in [0.15, 0.2) is 17.4 Å². The molecular formula is C26H24Cl3N5O2S. The summed E-state index contributed by atoms with van der Waals surface area (Å²) in [4.78, 5) is 29.4. The Labute approximate surface area is 234 Å². The molecule has 0 aliphatic heterocycles. The first kappa shape index (κ1) is 27.3. The number of rotatable bonds is 9. The number of benzene rings is 2. The Morgan fingerprint density at radius 1 is 0.946 bits per heavy atom. The first-order valence-corrected chi connectivity index (χ1v) is 13.4. The largest absolute Gasteiger partial charge is 0.345 e. The summed E-state index contributed by atoms with van der Waals surface area (Å²) < 4.78 is 1.85. The van der Waals surface area contributed by atoms with Crippen LogP contribution < -0.4 is 5.32 Å². The summed E-state index contributed by atoms with van der Waals surface area (Å²) in [5.41, 5.74) is 1.29. The lowest BCUT2D eigenvalue weighted by Crippen LogP contribution is -2.25. The molecule has 2 aromatic carbocycles. The van der Waals surface area contributed by atoms with E-state index in [1.807, 2.05) is 36.6 Å². The van der Waals surface area contributed by atoms with Gasteiger partial charge in [0.05, 0.1) is 33.7 Å². The van der Waals surface area contributed by atoms with Crippen molar-refractivity contribution in [2.75, 3.05) is 14.1 Å². The van der Waals surface area contributed by atoms with Gasteiger partial charge in [-0.3, -0.25) is 14.2 Å². The Bertz CT molecular complexity index is 1460. The molecule has 11 heteroatoms. The van der Waals surface area contributed by atoms with E-state index in [0.29, 0.717) is 55.0 Å². The third-order valence-corrected chi connectivity index (χ3v) is 7.85. The van der Waals surface area contributed by atoms with Crippen LogP contribution in [0.25, 0.3) is 5.00 Å². The van der Waals surface area contributed by atoms with Crippen molar-refractivity contribution in [1.29, 1.82) is 0 Å². The van der Waals surface area contributed by atoms with Crippen LogP contribution in [0.3, 0.4) is 0 Å². The molecule has 0 bridgehead atoms. The van der Waals surface area contributed by atoms with Crippen molar-refractivity contribution in [2.24, 2.45) is 0 Å². The Hall–Kier alpha value is -2.75. The molecule has 0 aliphatic rings. The minimum absolute atomic E-state index is 0.0819. The van der Waals surface area contributed by atoms with Crippen molar-refractivity contribution < 1.29 is 9.59 Å². The van der Waals surface area contributed by atoms with Crippen molar-refractivity contribution in [3.05, 3.63) is 96.8 Å². The number of thiophene rings is 1. The quantitative estimate of drug-likeness (QED) is 0.245. The Morgan fingerprint density at radius 3 is 2.35 bits per heavy atom. The highest BCUT2D eigenvalue weighted by Gasteiger charge is 2.25. The van der Waals surface area contributed by atoms with E-state index in [4.69, 9.17) is 34.8 Å². The monoisotopic (exact) mass is 575 g/mol. The molecule has 37 heavy (non-hydrogen) atoms. The number of hydrogen-bond donors (Lipinski definition) is 1. The maximum atomic E-state index is 13.6. The summed E-state index contributed by atoms with van der Waals surface area (Å²) in [6.07, 6.45) is 0.752. The van der Waals surface area contributed by atoms with E-state index in [-0.39, 0.29) is 18.2 Å². The average molecular weight is 577 g/mol. The van der Waals surface area contributed by atoms with Crippen LogP contribution in [0.15, 0.2) is 48.5 Å². The molecule has 2 aromatic heterocycles. The number of nitrogens with zero attached hydrogens (tertiary/aromatic N) is 4. The molecule has 4 aromatic rings. The van der Waals surface area contributed by atoms with Gasteiger partial charge in [0.2, 0.25) is 0 Å². The van der Waals surface area contributed by atoms with Crippen molar-refractivity contribution >= 4 is 57.8 Å². The van der Waals surface area contributed by atoms with Gasteiger partial charge >= 0.3 is 0 Å². The van der Waals surface area contributed by atoms with Crippen LogP contribution in [0, 0.1) is 0 Å². The summed E-state index contributed by atoms with van der Waals surface area (Å²) >= 11 is 19.9. The summed E-state index contributed by atoms with van der Waals surface area (Å²) in [5.74, 6) is 0.603. The molecule has 1 amide bonds. The topological polar surface area (TPSA) is 80.1 Å². The highest BCUT2D eigenvalue weighted by Crippen LogP contribution is 2.32. The van der Waals surface area contributed by atoms with E-state index < -0.39 is 0 Å². The smallest absolute Gasteiger partial charge is 0.251 e. The molecule has 192 valence electrons. The molecule has 4 rings (SSSR count). The van der Waals surface area contributed by atoms with Gasteiger partial charge in [-0.2, -0.15) is 0 Å². The van der Waals surface area contributed by atoms with Crippen LogP contribution in [0.1, 0.15) is 49.7 Å². The lowest BCUT2D eigenvalue weighted by molar-refractivity contribution is 0.0948. The van der Waals surface area contributed by atoms with Gasteiger partial charge in [-0.05, 0) is 56.9 Å². The first-order chi connectivity index (χ1) is 17.7. The zero-order valence-electron chi connectivity index (χ0n) is 20.4. The SMILES string of the molecule is CCc1cc(C(=O)c2ccccc2Cl)c(-n2c(CNC(=O)c3ccc(Cl)c(Cl)c3)nnc2CN(C)C)s1. The predicted octanol–water partition coefficient (Wildman–Crippen LogP) is 6.07. The van der Waals surface area contributed by atoms with Crippen LogP contribution in [-0.2, 0) is 19.5 Å². The lowest BCUT2D eigenvalue weighted by Gasteiger charge is -2.14. The maximum Gasteiger partial charge on any atom is 0.251 e. The number of amides is 1.